The topological polar surface area (TPSA) is 53.0 Å². The lowest BCUT2D eigenvalue weighted by molar-refractivity contribution is 0.0600. The molecule has 116 valence electrons. The van der Waals surface area contributed by atoms with Crippen LogP contribution in [0.15, 0.2) is 24.3 Å². The van der Waals surface area contributed by atoms with Crippen LogP contribution >= 0.6 is 0 Å². The molecular formula is C16H24N2O3. The fourth-order valence-corrected chi connectivity index (χ4v) is 2.63. The molecule has 0 radical (unpaired) electrons. The average molecular weight is 292 g/mol. The number of piperazine rings is 1. The molecule has 5 nitrogen and oxygen atoms in total. The minimum absolute atomic E-state index is 0.262. The van der Waals surface area contributed by atoms with E-state index >= 15 is 0 Å². The van der Waals surface area contributed by atoms with E-state index in [-0.39, 0.29) is 12.1 Å². The van der Waals surface area contributed by atoms with E-state index in [1.54, 1.807) is 0 Å². The van der Waals surface area contributed by atoms with Crippen molar-refractivity contribution in [2.24, 2.45) is 0 Å². The molecule has 21 heavy (non-hydrogen) atoms. The number of aliphatic hydroxyl groups is 1. The van der Waals surface area contributed by atoms with Gasteiger partial charge in [-0.1, -0.05) is 12.1 Å². The molecule has 0 spiro atoms. The maximum atomic E-state index is 11.4. The van der Waals surface area contributed by atoms with E-state index in [0.717, 1.165) is 39.3 Å². The molecule has 1 atom stereocenters. The van der Waals surface area contributed by atoms with Crippen molar-refractivity contribution in [2.45, 2.75) is 19.6 Å². The van der Waals surface area contributed by atoms with Crippen LogP contribution < -0.4 is 0 Å². The largest absolute Gasteiger partial charge is 0.465 e. The Bertz CT molecular complexity index is 451. The smallest absolute Gasteiger partial charge is 0.337 e. The standard InChI is InChI=1S/C16H24N2O3/c1-13(19)11-17-7-9-18(10-8-17)12-14-3-5-15(6-4-14)16(20)21-2/h3-6,13,19H,7-12H2,1-2H3. The van der Waals surface area contributed by atoms with Gasteiger partial charge in [-0.2, -0.15) is 0 Å². The van der Waals surface area contributed by atoms with E-state index in [4.69, 9.17) is 4.74 Å². The molecule has 1 N–H and O–H groups in total. The number of hydrogen-bond donors (Lipinski definition) is 1. The molecule has 5 heteroatoms. The Hall–Kier alpha value is -1.43. The van der Waals surface area contributed by atoms with Crippen LogP contribution in [0.3, 0.4) is 0 Å². The molecule has 0 saturated carbocycles. The summed E-state index contributed by atoms with van der Waals surface area (Å²) in [5.41, 5.74) is 1.79. The Kier molecular flexibility index (Phi) is 5.73. The molecule has 1 aromatic rings. The fraction of sp³-hybridized carbons (Fsp3) is 0.562. The molecule has 1 aliphatic heterocycles. The van der Waals surface area contributed by atoms with Crippen LogP contribution in [0.4, 0.5) is 0 Å². The van der Waals surface area contributed by atoms with E-state index in [1.807, 2.05) is 31.2 Å². The second-order valence-corrected chi connectivity index (χ2v) is 5.61. The quantitative estimate of drug-likeness (QED) is 0.820. The number of β-amino-alcohol motifs (C(OH)–C–C–N with tert-alkyl or cyclic N) is 1. The molecular weight excluding hydrogens is 268 g/mol. The number of methoxy groups -OCH3 is 1. The van der Waals surface area contributed by atoms with Gasteiger partial charge in [0.1, 0.15) is 0 Å². The van der Waals surface area contributed by atoms with Gasteiger partial charge in [-0.25, -0.2) is 4.79 Å². The number of rotatable bonds is 5. The molecule has 1 saturated heterocycles. The summed E-state index contributed by atoms with van der Waals surface area (Å²) in [5.74, 6) is -0.298. The fourth-order valence-electron chi connectivity index (χ4n) is 2.63. The summed E-state index contributed by atoms with van der Waals surface area (Å²) in [5, 5.41) is 9.40. The maximum absolute atomic E-state index is 11.4. The van der Waals surface area contributed by atoms with Gasteiger partial charge >= 0.3 is 5.97 Å². The van der Waals surface area contributed by atoms with Gasteiger partial charge in [0.25, 0.3) is 0 Å². The third-order valence-electron chi connectivity index (χ3n) is 3.77. The number of carbonyl (C=O) groups excluding carboxylic acids is 1. The Morgan fingerprint density at radius 2 is 1.76 bits per heavy atom. The molecule has 0 bridgehead atoms. The van der Waals surface area contributed by atoms with Gasteiger partial charge in [-0.15, -0.1) is 0 Å². The van der Waals surface area contributed by atoms with Crippen LogP contribution in [0.2, 0.25) is 0 Å². The second kappa shape index (κ2) is 7.54. The van der Waals surface area contributed by atoms with Crippen molar-refractivity contribution < 1.29 is 14.6 Å². The number of nitrogens with zero attached hydrogens (tertiary/aromatic N) is 2. The molecule has 1 heterocycles. The summed E-state index contributed by atoms with van der Waals surface area (Å²) in [6, 6.07) is 7.58. The minimum atomic E-state index is -0.298. The number of carbonyl (C=O) groups is 1. The van der Waals surface area contributed by atoms with Crippen molar-refractivity contribution in [3.63, 3.8) is 0 Å². The Balaban J connectivity index is 1.82. The third-order valence-corrected chi connectivity index (χ3v) is 3.77. The molecule has 1 unspecified atom stereocenters. The van der Waals surface area contributed by atoms with Gasteiger partial charge in [0.05, 0.1) is 18.8 Å². The van der Waals surface area contributed by atoms with E-state index in [9.17, 15) is 9.90 Å². The summed E-state index contributed by atoms with van der Waals surface area (Å²) in [6.45, 7) is 7.47. The molecule has 1 fully saturated rings. The summed E-state index contributed by atoms with van der Waals surface area (Å²) in [7, 11) is 1.39. The van der Waals surface area contributed by atoms with Gasteiger partial charge in [0.2, 0.25) is 0 Å². The van der Waals surface area contributed by atoms with Crippen LogP contribution in [0, 0.1) is 0 Å². The number of benzene rings is 1. The van der Waals surface area contributed by atoms with Crippen LogP contribution in [0.1, 0.15) is 22.8 Å². The molecule has 1 aliphatic rings. The normalized spacial score (nSPS) is 18.4. The zero-order valence-corrected chi connectivity index (χ0v) is 12.8. The first kappa shape index (κ1) is 15.9. The van der Waals surface area contributed by atoms with Crippen LogP contribution in [0.25, 0.3) is 0 Å². The number of esters is 1. The highest BCUT2D eigenvalue weighted by Gasteiger charge is 2.18. The van der Waals surface area contributed by atoms with Crippen LogP contribution in [0.5, 0.6) is 0 Å². The monoisotopic (exact) mass is 292 g/mol. The van der Waals surface area contributed by atoms with Gasteiger partial charge in [0, 0.05) is 39.3 Å². The SMILES string of the molecule is COC(=O)c1ccc(CN2CCN(CC(C)O)CC2)cc1. The van der Waals surface area contributed by atoms with Gasteiger partial charge in [-0.3, -0.25) is 9.80 Å². The lowest BCUT2D eigenvalue weighted by Gasteiger charge is -2.35. The highest BCUT2D eigenvalue weighted by atomic mass is 16.5. The first-order valence-electron chi connectivity index (χ1n) is 7.38. The van der Waals surface area contributed by atoms with Crippen LogP contribution in [-0.2, 0) is 11.3 Å². The van der Waals surface area contributed by atoms with Crippen molar-refractivity contribution in [1.82, 2.24) is 9.80 Å². The maximum Gasteiger partial charge on any atom is 0.337 e. The summed E-state index contributed by atoms with van der Waals surface area (Å²) < 4.78 is 4.69. The lowest BCUT2D eigenvalue weighted by Crippen LogP contribution is -2.47. The molecule has 1 aromatic carbocycles. The van der Waals surface area contributed by atoms with Crippen molar-refractivity contribution in [1.29, 1.82) is 0 Å². The predicted octanol–water partition coefficient (Wildman–Crippen LogP) is 0.972. The number of aliphatic hydroxyl groups excluding tert-OH is 1. The highest BCUT2D eigenvalue weighted by molar-refractivity contribution is 5.89. The zero-order valence-electron chi connectivity index (χ0n) is 12.8. The predicted molar refractivity (Wildman–Crippen MR) is 81.2 cm³/mol. The lowest BCUT2D eigenvalue weighted by atomic mass is 10.1. The summed E-state index contributed by atoms with van der Waals surface area (Å²) in [6.07, 6.45) is -0.262. The van der Waals surface area contributed by atoms with Crippen molar-refractivity contribution in [3.05, 3.63) is 35.4 Å². The van der Waals surface area contributed by atoms with Crippen molar-refractivity contribution in [2.75, 3.05) is 39.8 Å². The number of hydrogen-bond acceptors (Lipinski definition) is 5. The van der Waals surface area contributed by atoms with Crippen molar-refractivity contribution in [3.8, 4) is 0 Å². The first-order chi connectivity index (χ1) is 10.1. The zero-order chi connectivity index (χ0) is 15.2. The van der Waals surface area contributed by atoms with Crippen molar-refractivity contribution >= 4 is 5.97 Å². The van der Waals surface area contributed by atoms with E-state index in [0.29, 0.717) is 5.56 Å². The average Bonchev–Trinajstić information content (AvgIpc) is 2.49. The Morgan fingerprint density at radius 3 is 2.29 bits per heavy atom. The minimum Gasteiger partial charge on any atom is -0.465 e. The highest BCUT2D eigenvalue weighted by Crippen LogP contribution is 2.11. The Labute approximate surface area is 126 Å². The molecule has 2 rings (SSSR count). The molecule has 0 aromatic heterocycles. The number of ether oxygens (including phenoxy) is 1. The molecule has 0 amide bonds. The molecule has 0 aliphatic carbocycles. The second-order valence-electron chi connectivity index (χ2n) is 5.61. The van der Waals surface area contributed by atoms with Crippen LogP contribution in [-0.4, -0.2) is 66.8 Å². The van der Waals surface area contributed by atoms with Gasteiger partial charge < -0.3 is 9.84 Å². The van der Waals surface area contributed by atoms with E-state index in [1.165, 1.54) is 12.7 Å². The van der Waals surface area contributed by atoms with Gasteiger partial charge in [0.15, 0.2) is 0 Å². The third kappa shape index (κ3) is 4.81. The first-order valence-corrected chi connectivity index (χ1v) is 7.38. The van der Waals surface area contributed by atoms with E-state index < -0.39 is 0 Å². The Morgan fingerprint density at radius 1 is 1.19 bits per heavy atom. The summed E-state index contributed by atoms with van der Waals surface area (Å²) in [4.78, 5) is 16.1. The summed E-state index contributed by atoms with van der Waals surface area (Å²) >= 11 is 0. The van der Waals surface area contributed by atoms with E-state index in [2.05, 4.69) is 9.80 Å². The van der Waals surface area contributed by atoms with Gasteiger partial charge in [-0.05, 0) is 24.6 Å².